The molecule has 1 aromatic rings. The fourth-order valence-electron chi connectivity index (χ4n) is 3.08. The third-order valence-corrected chi connectivity index (χ3v) is 4.18. The summed E-state index contributed by atoms with van der Waals surface area (Å²) in [6, 6.07) is 5.18. The second kappa shape index (κ2) is 6.73. The maximum Gasteiger partial charge on any atom is 0.123 e. The van der Waals surface area contributed by atoms with E-state index >= 15 is 0 Å². The lowest BCUT2D eigenvalue weighted by Crippen LogP contribution is -2.53. The predicted molar refractivity (Wildman–Crippen MR) is 79.2 cm³/mol. The van der Waals surface area contributed by atoms with Gasteiger partial charge in [0.25, 0.3) is 0 Å². The number of hydrogen-bond acceptors (Lipinski definition) is 4. The molecule has 2 aliphatic heterocycles. The van der Waals surface area contributed by atoms with Crippen molar-refractivity contribution in [3.05, 3.63) is 29.6 Å². The van der Waals surface area contributed by atoms with Crippen molar-refractivity contribution in [1.29, 1.82) is 0 Å². The van der Waals surface area contributed by atoms with Gasteiger partial charge in [0.05, 0.1) is 13.2 Å². The Morgan fingerprint density at radius 1 is 1.43 bits per heavy atom. The first-order valence-electron chi connectivity index (χ1n) is 7.74. The van der Waals surface area contributed by atoms with Crippen molar-refractivity contribution >= 4 is 0 Å². The van der Waals surface area contributed by atoms with Gasteiger partial charge in [0.2, 0.25) is 0 Å². The first-order chi connectivity index (χ1) is 10.3. The quantitative estimate of drug-likeness (QED) is 0.891. The van der Waals surface area contributed by atoms with Gasteiger partial charge in [-0.2, -0.15) is 0 Å². The molecule has 0 saturated carbocycles. The molecule has 21 heavy (non-hydrogen) atoms. The van der Waals surface area contributed by atoms with E-state index in [-0.39, 0.29) is 11.9 Å². The zero-order valence-electron chi connectivity index (χ0n) is 12.5. The number of morpholine rings is 1. The molecule has 3 rings (SSSR count). The Balaban J connectivity index is 1.58. The normalized spacial score (nSPS) is 25.6. The van der Waals surface area contributed by atoms with Gasteiger partial charge in [0.1, 0.15) is 17.7 Å². The Labute approximate surface area is 125 Å². The Morgan fingerprint density at radius 3 is 3.19 bits per heavy atom. The van der Waals surface area contributed by atoms with Gasteiger partial charge in [0, 0.05) is 37.7 Å². The summed E-state index contributed by atoms with van der Waals surface area (Å²) in [5.74, 6) is 0.646. The number of fused-ring (bicyclic) bond motifs is 1. The van der Waals surface area contributed by atoms with Crippen LogP contribution in [0.15, 0.2) is 18.2 Å². The minimum Gasteiger partial charge on any atom is -0.488 e. The molecular weight excluding hydrogens is 271 g/mol. The van der Waals surface area contributed by atoms with Crippen LogP contribution in [0, 0.1) is 5.82 Å². The molecule has 0 amide bonds. The number of halogens is 1. The van der Waals surface area contributed by atoms with Gasteiger partial charge in [-0.3, -0.25) is 4.90 Å². The topological polar surface area (TPSA) is 33.7 Å². The zero-order chi connectivity index (χ0) is 14.7. The van der Waals surface area contributed by atoms with Crippen molar-refractivity contribution in [2.24, 2.45) is 0 Å². The average Bonchev–Trinajstić information content (AvgIpc) is 2.87. The third kappa shape index (κ3) is 3.54. The molecule has 0 radical (unpaired) electrons. The summed E-state index contributed by atoms with van der Waals surface area (Å²) in [7, 11) is 0. The van der Waals surface area contributed by atoms with E-state index < -0.39 is 0 Å². The number of nitrogens with zero attached hydrogens (tertiary/aromatic N) is 1. The molecule has 1 fully saturated rings. The van der Waals surface area contributed by atoms with Gasteiger partial charge in [0.15, 0.2) is 0 Å². The third-order valence-electron chi connectivity index (χ3n) is 4.18. The van der Waals surface area contributed by atoms with Crippen molar-refractivity contribution in [3.8, 4) is 5.75 Å². The maximum atomic E-state index is 13.3. The monoisotopic (exact) mass is 294 g/mol. The number of benzene rings is 1. The highest BCUT2D eigenvalue weighted by atomic mass is 19.1. The fraction of sp³-hybridized carbons (Fsp3) is 0.625. The summed E-state index contributed by atoms with van der Waals surface area (Å²) >= 11 is 0. The Bertz CT molecular complexity index is 483. The summed E-state index contributed by atoms with van der Waals surface area (Å²) in [6.45, 7) is 7.35. The molecule has 0 bridgehead atoms. The molecule has 116 valence electrons. The average molecular weight is 294 g/mol. The Kier molecular flexibility index (Phi) is 4.73. The van der Waals surface area contributed by atoms with Gasteiger partial charge < -0.3 is 14.8 Å². The standard InChI is InChI=1S/C16H23FN2O2/c1-2-18-9-14-11-20-6-5-19(14)10-15-8-12-7-13(17)3-4-16(12)21-15/h3-4,7,14-15,18H,2,5-6,8-11H2,1H3. The van der Waals surface area contributed by atoms with Gasteiger partial charge in [-0.15, -0.1) is 0 Å². The van der Waals surface area contributed by atoms with E-state index in [1.807, 2.05) is 0 Å². The van der Waals surface area contributed by atoms with Crippen LogP contribution in [-0.2, 0) is 11.2 Å². The number of rotatable bonds is 5. The molecule has 2 unspecified atom stereocenters. The highest BCUT2D eigenvalue weighted by Crippen LogP contribution is 2.30. The maximum absolute atomic E-state index is 13.3. The minimum atomic E-state index is -0.186. The SMILES string of the molecule is CCNCC1COCCN1CC1Cc2cc(F)ccc2O1. The highest BCUT2D eigenvalue weighted by Gasteiger charge is 2.29. The van der Waals surface area contributed by atoms with Gasteiger partial charge in [-0.25, -0.2) is 4.39 Å². The summed E-state index contributed by atoms with van der Waals surface area (Å²) in [6.07, 6.45) is 0.905. The number of likely N-dealkylation sites (N-methyl/N-ethyl adjacent to an activating group) is 1. The largest absolute Gasteiger partial charge is 0.488 e. The lowest BCUT2D eigenvalue weighted by Gasteiger charge is -2.36. The fourth-order valence-corrected chi connectivity index (χ4v) is 3.08. The van der Waals surface area contributed by atoms with Crippen LogP contribution in [0.2, 0.25) is 0 Å². The zero-order valence-corrected chi connectivity index (χ0v) is 12.5. The summed E-state index contributed by atoms with van der Waals surface area (Å²) in [5, 5.41) is 3.39. The number of ether oxygens (including phenoxy) is 2. The first kappa shape index (κ1) is 14.8. The van der Waals surface area contributed by atoms with Gasteiger partial charge >= 0.3 is 0 Å². The second-order valence-corrected chi connectivity index (χ2v) is 5.73. The van der Waals surface area contributed by atoms with Crippen LogP contribution in [0.25, 0.3) is 0 Å². The smallest absolute Gasteiger partial charge is 0.123 e. The van der Waals surface area contributed by atoms with Crippen molar-refractivity contribution in [3.63, 3.8) is 0 Å². The number of nitrogens with one attached hydrogen (secondary N) is 1. The lowest BCUT2D eigenvalue weighted by atomic mass is 10.1. The predicted octanol–water partition coefficient (Wildman–Crippen LogP) is 1.44. The van der Waals surface area contributed by atoms with E-state index in [9.17, 15) is 4.39 Å². The van der Waals surface area contributed by atoms with Crippen LogP contribution in [-0.4, -0.2) is 56.4 Å². The van der Waals surface area contributed by atoms with Crippen LogP contribution in [0.4, 0.5) is 4.39 Å². The number of hydrogen-bond donors (Lipinski definition) is 1. The van der Waals surface area contributed by atoms with Crippen molar-refractivity contribution < 1.29 is 13.9 Å². The summed E-state index contributed by atoms with van der Waals surface area (Å²) in [4.78, 5) is 2.43. The van der Waals surface area contributed by atoms with Crippen LogP contribution >= 0.6 is 0 Å². The molecule has 1 N–H and O–H groups in total. The first-order valence-corrected chi connectivity index (χ1v) is 7.74. The molecular formula is C16H23FN2O2. The summed E-state index contributed by atoms with van der Waals surface area (Å²) < 4.78 is 24.8. The van der Waals surface area contributed by atoms with E-state index in [1.165, 1.54) is 6.07 Å². The van der Waals surface area contributed by atoms with Crippen molar-refractivity contribution in [1.82, 2.24) is 10.2 Å². The minimum absolute atomic E-state index is 0.115. The molecule has 1 aromatic carbocycles. The molecule has 2 aliphatic rings. The molecule has 2 heterocycles. The van der Waals surface area contributed by atoms with E-state index in [2.05, 4.69) is 17.1 Å². The van der Waals surface area contributed by atoms with E-state index in [1.54, 1.807) is 12.1 Å². The Hall–Kier alpha value is -1.17. The molecule has 4 nitrogen and oxygen atoms in total. The van der Waals surface area contributed by atoms with Gasteiger partial charge in [-0.1, -0.05) is 6.92 Å². The molecule has 0 spiro atoms. The van der Waals surface area contributed by atoms with Crippen LogP contribution < -0.4 is 10.1 Å². The van der Waals surface area contributed by atoms with Crippen molar-refractivity contribution in [2.45, 2.75) is 25.5 Å². The molecule has 5 heteroatoms. The molecule has 1 saturated heterocycles. The molecule has 2 atom stereocenters. The van der Waals surface area contributed by atoms with Gasteiger partial charge in [-0.05, 0) is 24.7 Å². The van der Waals surface area contributed by atoms with E-state index in [4.69, 9.17) is 9.47 Å². The Morgan fingerprint density at radius 2 is 2.33 bits per heavy atom. The van der Waals surface area contributed by atoms with E-state index in [0.717, 1.165) is 57.1 Å². The van der Waals surface area contributed by atoms with Crippen molar-refractivity contribution in [2.75, 3.05) is 39.4 Å². The lowest BCUT2D eigenvalue weighted by molar-refractivity contribution is -0.0197. The van der Waals surface area contributed by atoms with Crippen LogP contribution in [0.5, 0.6) is 5.75 Å². The van der Waals surface area contributed by atoms with E-state index in [0.29, 0.717) is 6.04 Å². The van der Waals surface area contributed by atoms with Crippen LogP contribution in [0.1, 0.15) is 12.5 Å². The van der Waals surface area contributed by atoms with Crippen LogP contribution in [0.3, 0.4) is 0 Å². The summed E-state index contributed by atoms with van der Waals surface area (Å²) in [5.41, 5.74) is 0.983. The molecule has 0 aliphatic carbocycles. The molecule has 0 aromatic heterocycles. The second-order valence-electron chi connectivity index (χ2n) is 5.73. The highest BCUT2D eigenvalue weighted by molar-refractivity contribution is 5.37.